The summed E-state index contributed by atoms with van der Waals surface area (Å²) in [6.45, 7) is 1.78. The molecule has 0 aliphatic rings. The van der Waals surface area contributed by atoms with Gasteiger partial charge in [0.25, 0.3) is 0 Å². The van der Waals surface area contributed by atoms with Crippen molar-refractivity contribution in [2.45, 2.75) is 25.4 Å². The summed E-state index contributed by atoms with van der Waals surface area (Å²) in [5.41, 5.74) is 2.75. The van der Waals surface area contributed by atoms with Gasteiger partial charge in [0.1, 0.15) is 5.92 Å². The quantitative estimate of drug-likeness (QED) is 0.876. The first-order chi connectivity index (χ1) is 9.63. The second-order valence-corrected chi connectivity index (χ2v) is 4.78. The van der Waals surface area contributed by atoms with E-state index in [-0.39, 0.29) is 0 Å². The molecule has 0 fully saturated rings. The molecule has 0 radical (unpaired) electrons. The van der Waals surface area contributed by atoms with Gasteiger partial charge >= 0.3 is 5.97 Å². The Balaban J connectivity index is 2.29. The molecule has 3 nitrogen and oxygen atoms in total. The molecule has 0 amide bonds. The third kappa shape index (κ3) is 3.06. The molecule has 2 aromatic rings. The fourth-order valence-electron chi connectivity index (χ4n) is 2.28. The normalized spacial score (nSPS) is 13.7. The minimum absolute atomic E-state index is 0.414. The number of carbonyl (C=O) groups is 1. The molecule has 0 bridgehead atoms. The van der Waals surface area contributed by atoms with E-state index in [0.717, 1.165) is 11.1 Å². The number of rotatable bonds is 5. The van der Waals surface area contributed by atoms with Crippen LogP contribution in [-0.4, -0.2) is 22.3 Å². The molecule has 0 saturated heterocycles. The van der Waals surface area contributed by atoms with E-state index in [0.29, 0.717) is 12.0 Å². The Morgan fingerprint density at radius 2 is 1.55 bits per heavy atom. The fraction of sp³-hybridized carbons (Fsp3) is 0.235. The van der Waals surface area contributed by atoms with E-state index in [1.54, 1.807) is 19.1 Å². The Morgan fingerprint density at radius 1 is 1.00 bits per heavy atom. The highest BCUT2D eigenvalue weighted by molar-refractivity contribution is 5.77. The zero-order valence-corrected chi connectivity index (χ0v) is 11.4. The summed E-state index contributed by atoms with van der Waals surface area (Å²) in [7, 11) is 0. The number of carboxylic acids is 1. The van der Waals surface area contributed by atoms with Crippen molar-refractivity contribution in [2.24, 2.45) is 0 Å². The molecule has 20 heavy (non-hydrogen) atoms. The number of hydrogen-bond donors (Lipinski definition) is 2. The van der Waals surface area contributed by atoms with Crippen LogP contribution in [0.1, 0.15) is 24.8 Å². The molecule has 0 aromatic heterocycles. The van der Waals surface area contributed by atoms with Gasteiger partial charge in [-0.05, 0) is 23.1 Å². The highest BCUT2D eigenvalue weighted by Gasteiger charge is 2.26. The zero-order chi connectivity index (χ0) is 14.5. The van der Waals surface area contributed by atoms with Gasteiger partial charge in [-0.15, -0.1) is 0 Å². The number of aliphatic carboxylic acids is 1. The summed E-state index contributed by atoms with van der Waals surface area (Å²) in [5, 5.41) is 19.1. The van der Waals surface area contributed by atoms with Crippen molar-refractivity contribution in [1.82, 2.24) is 0 Å². The molecular formula is C17H18O3. The average Bonchev–Trinajstić information content (AvgIpc) is 2.48. The van der Waals surface area contributed by atoms with Gasteiger partial charge in [0.15, 0.2) is 0 Å². The van der Waals surface area contributed by atoms with Crippen molar-refractivity contribution in [1.29, 1.82) is 0 Å². The van der Waals surface area contributed by atoms with Crippen molar-refractivity contribution in [3.8, 4) is 11.1 Å². The molecule has 2 N–H and O–H groups in total. The molecule has 2 rings (SSSR count). The number of aliphatic hydroxyl groups is 1. The molecule has 2 aromatic carbocycles. The summed E-state index contributed by atoms with van der Waals surface area (Å²) in [5.74, 6) is -1.86. The van der Waals surface area contributed by atoms with Crippen LogP contribution in [0.3, 0.4) is 0 Å². The van der Waals surface area contributed by atoms with Crippen molar-refractivity contribution in [3.63, 3.8) is 0 Å². The summed E-state index contributed by atoms with van der Waals surface area (Å²) in [4.78, 5) is 11.3. The molecule has 0 aliphatic carbocycles. The monoisotopic (exact) mass is 270 g/mol. The molecule has 3 heteroatoms. The van der Waals surface area contributed by atoms with E-state index in [9.17, 15) is 15.0 Å². The number of benzene rings is 2. The summed E-state index contributed by atoms with van der Waals surface area (Å²) < 4.78 is 0. The summed E-state index contributed by atoms with van der Waals surface area (Å²) in [6, 6.07) is 17.2. The van der Waals surface area contributed by atoms with E-state index < -0.39 is 18.0 Å². The lowest BCUT2D eigenvalue weighted by Crippen LogP contribution is -2.25. The number of hydrogen-bond acceptors (Lipinski definition) is 2. The minimum Gasteiger partial charge on any atom is -0.481 e. The summed E-state index contributed by atoms with van der Waals surface area (Å²) >= 11 is 0. The van der Waals surface area contributed by atoms with Gasteiger partial charge < -0.3 is 10.2 Å². The van der Waals surface area contributed by atoms with Crippen molar-refractivity contribution >= 4 is 5.97 Å². The molecule has 0 spiro atoms. The second-order valence-electron chi connectivity index (χ2n) is 4.78. The van der Waals surface area contributed by atoms with E-state index in [1.165, 1.54) is 0 Å². The van der Waals surface area contributed by atoms with Crippen LogP contribution < -0.4 is 0 Å². The molecule has 2 atom stereocenters. The molecule has 104 valence electrons. The maximum atomic E-state index is 11.3. The number of carboxylic acid groups (broad SMARTS) is 1. The summed E-state index contributed by atoms with van der Waals surface area (Å²) in [6.07, 6.45) is -0.452. The lowest BCUT2D eigenvalue weighted by Gasteiger charge is -2.18. The Kier molecular flexibility index (Phi) is 4.53. The van der Waals surface area contributed by atoms with Crippen molar-refractivity contribution in [2.75, 3.05) is 0 Å². The van der Waals surface area contributed by atoms with Crippen LogP contribution in [0, 0.1) is 0 Å². The van der Waals surface area contributed by atoms with Gasteiger partial charge in [-0.25, -0.2) is 0 Å². The lowest BCUT2D eigenvalue weighted by molar-refractivity contribution is -0.141. The minimum atomic E-state index is -0.994. The molecular weight excluding hydrogens is 252 g/mol. The van der Waals surface area contributed by atoms with Crippen LogP contribution in [0.4, 0.5) is 0 Å². The van der Waals surface area contributed by atoms with E-state index in [4.69, 9.17) is 0 Å². The zero-order valence-electron chi connectivity index (χ0n) is 11.4. The van der Waals surface area contributed by atoms with Crippen LogP contribution in [0.25, 0.3) is 11.1 Å². The number of aliphatic hydroxyl groups excluding tert-OH is 1. The standard InChI is InChI=1S/C17H18O3/c1-2-15(18)16(17(19)20)14-10-8-13(9-11-14)12-6-4-3-5-7-12/h3-11,15-16,18H,2H2,1H3,(H,19,20). The maximum absolute atomic E-state index is 11.3. The SMILES string of the molecule is CCC(O)C(C(=O)O)c1ccc(-c2ccccc2)cc1. The van der Waals surface area contributed by atoms with E-state index in [2.05, 4.69) is 0 Å². The Hall–Kier alpha value is -2.13. The van der Waals surface area contributed by atoms with Gasteiger partial charge in [-0.1, -0.05) is 61.5 Å². The largest absolute Gasteiger partial charge is 0.481 e. The lowest BCUT2D eigenvalue weighted by atomic mass is 9.91. The fourth-order valence-corrected chi connectivity index (χ4v) is 2.28. The van der Waals surface area contributed by atoms with E-state index >= 15 is 0 Å². The molecule has 2 unspecified atom stereocenters. The predicted octanol–water partition coefficient (Wildman–Crippen LogP) is 3.29. The van der Waals surface area contributed by atoms with Crippen LogP contribution in [0.15, 0.2) is 54.6 Å². The van der Waals surface area contributed by atoms with Gasteiger partial charge in [-0.2, -0.15) is 0 Å². The van der Waals surface area contributed by atoms with Gasteiger partial charge in [0.05, 0.1) is 6.10 Å². The molecule has 0 saturated carbocycles. The second kappa shape index (κ2) is 6.35. The van der Waals surface area contributed by atoms with Crippen LogP contribution in [0.2, 0.25) is 0 Å². The highest BCUT2D eigenvalue weighted by atomic mass is 16.4. The highest BCUT2D eigenvalue weighted by Crippen LogP contribution is 2.26. The van der Waals surface area contributed by atoms with Gasteiger partial charge in [-0.3, -0.25) is 4.79 Å². The Labute approximate surface area is 118 Å². The molecule has 0 aliphatic heterocycles. The Morgan fingerprint density at radius 3 is 2.05 bits per heavy atom. The van der Waals surface area contributed by atoms with Crippen LogP contribution in [0.5, 0.6) is 0 Å². The smallest absolute Gasteiger partial charge is 0.313 e. The van der Waals surface area contributed by atoms with E-state index in [1.807, 2.05) is 42.5 Å². The Bertz CT molecular complexity index is 561. The average molecular weight is 270 g/mol. The molecule has 0 heterocycles. The topological polar surface area (TPSA) is 57.5 Å². The van der Waals surface area contributed by atoms with Crippen LogP contribution >= 0.6 is 0 Å². The van der Waals surface area contributed by atoms with Crippen molar-refractivity contribution in [3.05, 3.63) is 60.2 Å². The predicted molar refractivity (Wildman–Crippen MR) is 78.6 cm³/mol. The third-order valence-corrected chi connectivity index (χ3v) is 3.45. The van der Waals surface area contributed by atoms with Gasteiger partial charge in [0.2, 0.25) is 0 Å². The van der Waals surface area contributed by atoms with Gasteiger partial charge in [0, 0.05) is 0 Å². The first kappa shape index (κ1) is 14.3. The van der Waals surface area contributed by atoms with Crippen LogP contribution in [-0.2, 0) is 4.79 Å². The maximum Gasteiger partial charge on any atom is 0.313 e. The first-order valence-corrected chi connectivity index (χ1v) is 6.69. The third-order valence-electron chi connectivity index (χ3n) is 3.45. The van der Waals surface area contributed by atoms with Crippen molar-refractivity contribution < 1.29 is 15.0 Å². The first-order valence-electron chi connectivity index (χ1n) is 6.69.